The minimum atomic E-state index is -3.59. The Hall–Kier alpha value is -3.31. The quantitative estimate of drug-likeness (QED) is 0.487. The molecule has 0 bridgehead atoms. The highest BCUT2D eigenvalue weighted by molar-refractivity contribution is 7.89. The van der Waals surface area contributed by atoms with Gasteiger partial charge in [-0.25, -0.2) is 13.2 Å². The lowest BCUT2D eigenvalue weighted by molar-refractivity contribution is -0.118. The van der Waals surface area contributed by atoms with Crippen molar-refractivity contribution in [3.8, 4) is 17.2 Å². The summed E-state index contributed by atoms with van der Waals surface area (Å²) in [4.78, 5) is 24.7. The number of anilines is 1. The van der Waals surface area contributed by atoms with E-state index in [-0.39, 0.29) is 22.8 Å². The highest BCUT2D eigenvalue weighted by Gasteiger charge is 2.22. The summed E-state index contributed by atoms with van der Waals surface area (Å²) in [5.41, 5.74) is 0.239. The Bertz CT molecular complexity index is 1080. The number of carbonyl (C=O) groups is 2. The van der Waals surface area contributed by atoms with Gasteiger partial charge in [-0.3, -0.25) is 4.79 Å². The fourth-order valence-electron chi connectivity index (χ4n) is 3.02. The van der Waals surface area contributed by atoms with Crippen molar-refractivity contribution in [1.29, 1.82) is 0 Å². The fourth-order valence-corrected chi connectivity index (χ4v) is 4.47. The lowest BCUT2D eigenvalue weighted by Gasteiger charge is -2.18. The molecule has 180 valence electrons. The average Bonchev–Trinajstić information content (AvgIpc) is 2.82. The summed E-state index contributed by atoms with van der Waals surface area (Å²) in [7, 11) is 0.480. The zero-order chi connectivity index (χ0) is 24.6. The molecule has 0 fully saturated rings. The molecule has 10 nitrogen and oxygen atoms in total. The maximum Gasteiger partial charge on any atom is 0.340 e. The molecule has 2 rings (SSSR count). The van der Waals surface area contributed by atoms with Crippen LogP contribution in [0.15, 0.2) is 41.3 Å². The highest BCUT2D eigenvalue weighted by Crippen LogP contribution is 2.33. The van der Waals surface area contributed by atoms with Crippen LogP contribution in [0.4, 0.5) is 5.69 Å². The molecule has 1 amide bonds. The average molecular weight is 481 g/mol. The van der Waals surface area contributed by atoms with Gasteiger partial charge in [0.05, 0.1) is 37.5 Å². The molecular weight excluding hydrogens is 452 g/mol. The van der Waals surface area contributed by atoms with Gasteiger partial charge in [-0.1, -0.05) is 13.8 Å². The maximum absolute atomic E-state index is 12.5. The number of hydrogen-bond acceptors (Lipinski definition) is 8. The smallest absolute Gasteiger partial charge is 0.340 e. The number of sulfonamides is 1. The third-order valence-corrected chi connectivity index (χ3v) is 6.80. The third-order valence-electron chi connectivity index (χ3n) is 4.74. The first-order valence-electron chi connectivity index (χ1n) is 10.1. The van der Waals surface area contributed by atoms with Crippen molar-refractivity contribution in [2.24, 2.45) is 0 Å². The summed E-state index contributed by atoms with van der Waals surface area (Å²) < 4.78 is 47.1. The second kappa shape index (κ2) is 11.5. The van der Waals surface area contributed by atoms with E-state index in [0.717, 1.165) is 0 Å². The van der Waals surface area contributed by atoms with Crippen LogP contribution in [-0.2, 0) is 19.6 Å². The van der Waals surface area contributed by atoms with Crippen molar-refractivity contribution >= 4 is 27.6 Å². The van der Waals surface area contributed by atoms with Gasteiger partial charge in [0, 0.05) is 25.2 Å². The van der Waals surface area contributed by atoms with E-state index in [1.165, 1.54) is 62.0 Å². The number of esters is 1. The summed E-state index contributed by atoms with van der Waals surface area (Å²) in [6, 6.07) is 8.63. The van der Waals surface area contributed by atoms with E-state index in [1.807, 2.05) is 0 Å². The van der Waals surface area contributed by atoms with Gasteiger partial charge in [-0.2, -0.15) is 4.31 Å². The Balaban J connectivity index is 2.12. The van der Waals surface area contributed by atoms with Gasteiger partial charge in [0.25, 0.3) is 5.91 Å². The van der Waals surface area contributed by atoms with E-state index in [4.69, 9.17) is 18.9 Å². The number of rotatable bonds is 11. The summed E-state index contributed by atoms with van der Waals surface area (Å²) in [6.45, 7) is 3.88. The van der Waals surface area contributed by atoms with Gasteiger partial charge in [0.2, 0.25) is 10.0 Å². The van der Waals surface area contributed by atoms with E-state index in [9.17, 15) is 18.0 Å². The molecule has 0 unspecified atom stereocenters. The van der Waals surface area contributed by atoms with Gasteiger partial charge in [0.1, 0.15) is 5.75 Å². The van der Waals surface area contributed by atoms with Crippen molar-refractivity contribution < 1.29 is 37.0 Å². The van der Waals surface area contributed by atoms with Crippen molar-refractivity contribution in [2.45, 2.75) is 18.7 Å². The van der Waals surface area contributed by atoms with Crippen LogP contribution in [0.1, 0.15) is 24.2 Å². The van der Waals surface area contributed by atoms with Crippen molar-refractivity contribution in [2.75, 3.05) is 46.3 Å². The Kier molecular flexibility index (Phi) is 9.06. The Morgan fingerprint density at radius 1 is 0.939 bits per heavy atom. The minimum absolute atomic E-state index is 0.0782. The summed E-state index contributed by atoms with van der Waals surface area (Å²) in [5.74, 6) is -0.299. The molecular formula is C22H28N2O8S. The number of nitrogens with one attached hydrogen (secondary N) is 1. The number of methoxy groups -OCH3 is 3. The molecule has 0 spiro atoms. The summed E-state index contributed by atoms with van der Waals surface area (Å²) in [6.07, 6.45) is 0. The van der Waals surface area contributed by atoms with Crippen LogP contribution in [0.25, 0.3) is 0 Å². The lowest BCUT2D eigenvalue weighted by Crippen LogP contribution is -2.30. The van der Waals surface area contributed by atoms with Crippen LogP contribution in [0, 0.1) is 0 Å². The molecule has 1 N–H and O–H groups in total. The lowest BCUT2D eigenvalue weighted by atomic mass is 10.1. The van der Waals surface area contributed by atoms with Crippen molar-refractivity contribution in [3.63, 3.8) is 0 Å². The molecule has 0 saturated carbocycles. The standard InChI is InChI=1S/C22H28N2O8S/c1-6-24(7-2)33(27,28)16-10-8-15(9-11-16)32-14-21(25)23-18-13-20(30-4)19(29-3)12-17(18)22(26)31-5/h8-13H,6-7,14H2,1-5H3,(H,23,25). The Morgan fingerprint density at radius 2 is 1.52 bits per heavy atom. The van der Waals surface area contributed by atoms with E-state index >= 15 is 0 Å². The molecule has 11 heteroatoms. The molecule has 2 aromatic carbocycles. The molecule has 0 aromatic heterocycles. The third kappa shape index (κ3) is 6.14. The summed E-state index contributed by atoms with van der Waals surface area (Å²) in [5, 5.41) is 2.58. The normalized spacial score (nSPS) is 11.1. The fraction of sp³-hybridized carbons (Fsp3) is 0.364. The number of nitrogens with zero attached hydrogens (tertiary/aromatic N) is 1. The monoisotopic (exact) mass is 480 g/mol. The predicted molar refractivity (Wildman–Crippen MR) is 122 cm³/mol. The van der Waals surface area contributed by atoms with Gasteiger partial charge in [0.15, 0.2) is 18.1 Å². The van der Waals surface area contributed by atoms with Gasteiger partial charge >= 0.3 is 5.97 Å². The largest absolute Gasteiger partial charge is 0.493 e. The van der Waals surface area contributed by atoms with Crippen LogP contribution < -0.4 is 19.5 Å². The molecule has 0 aliphatic carbocycles. The number of carbonyl (C=O) groups excluding carboxylic acids is 2. The molecule has 0 aliphatic rings. The molecule has 0 saturated heterocycles. The molecule has 0 atom stereocenters. The maximum atomic E-state index is 12.5. The van der Waals surface area contributed by atoms with Crippen LogP contribution in [-0.4, -0.2) is 65.6 Å². The first-order valence-corrected chi connectivity index (χ1v) is 11.5. The number of hydrogen-bond donors (Lipinski definition) is 1. The van der Waals surface area contributed by atoms with E-state index in [0.29, 0.717) is 30.3 Å². The van der Waals surface area contributed by atoms with Crippen LogP contribution >= 0.6 is 0 Å². The molecule has 0 heterocycles. The van der Waals surface area contributed by atoms with E-state index in [2.05, 4.69) is 5.32 Å². The topological polar surface area (TPSA) is 120 Å². The molecule has 2 aromatic rings. The number of ether oxygens (including phenoxy) is 4. The van der Waals surface area contributed by atoms with Crippen LogP contribution in [0.2, 0.25) is 0 Å². The molecule has 0 aliphatic heterocycles. The molecule has 0 radical (unpaired) electrons. The van der Waals surface area contributed by atoms with E-state index in [1.54, 1.807) is 13.8 Å². The van der Waals surface area contributed by atoms with Gasteiger partial charge < -0.3 is 24.3 Å². The number of benzene rings is 2. The predicted octanol–water partition coefficient (Wildman–Crippen LogP) is 2.54. The van der Waals surface area contributed by atoms with Crippen LogP contribution in [0.5, 0.6) is 17.2 Å². The van der Waals surface area contributed by atoms with Crippen molar-refractivity contribution in [1.82, 2.24) is 4.31 Å². The van der Waals surface area contributed by atoms with Crippen molar-refractivity contribution in [3.05, 3.63) is 42.0 Å². The second-order valence-corrected chi connectivity index (χ2v) is 8.58. The zero-order valence-electron chi connectivity index (χ0n) is 19.2. The first kappa shape index (κ1) is 25.9. The second-order valence-electron chi connectivity index (χ2n) is 6.64. The summed E-state index contributed by atoms with van der Waals surface area (Å²) >= 11 is 0. The zero-order valence-corrected chi connectivity index (χ0v) is 20.0. The number of amides is 1. The minimum Gasteiger partial charge on any atom is -0.493 e. The van der Waals surface area contributed by atoms with Gasteiger partial charge in [-0.05, 0) is 24.3 Å². The Labute approximate surface area is 193 Å². The van der Waals surface area contributed by atoms with Crippen LogP contribution in [0.3, 0.4) is 0 Å². The van der Waals surface area contributed by atoms with E-state index < -0.39 is 21.9 Å². The van der Waals surface area contributed by atoms with Gasteiger partial charge in [-0.15, -0.1) is 0 Å². The SMILES string of the molecule is CCN(CC)S(=O)(=O)c1ccc(OCC(=O)Nc2cc(OC)c(OC)cc2C(=O)OC)cc1. The Morgan fingerprint density at radius 3 is 2.03 bits per heavy atom. The highest BCUT2D eigenvalue weighted by atomic mass is 32.2. The first-order chi connectivity index (χ1) is 15.7. The molecule has 33 heavy (non-hydrogen) atoms.